The molecule has 0 aliphatic heterocycles. The number of benzene rings is 3. The fraction of sp³-hybridized carbons (Fsp3) is 0.148. The topological polar surface area (TPSA) is 154 Å². The van der Waals surface area contributed by atoms with Gasteiger partial charge >= 0.3 is 0 Å². The predicted octanol–water partition coefficient (Wildman–Crippen LogP) is 2.73. The first-order valence-electron chi connectivity index (χ1n) is 11.4. The lowest BCUT2D eigenvalue weighted by Gasteiger charge is -2.21. The number of fused-ring (bicyclic) bond motifs is 1. The van der Waals surface area contributed by atoms with E-state index in [4.69, 9.17) is 11.0 Å². The lowest BCUT2D eigenvalue weighted by molar-refractivity contribution is -0.126. The zero-order chi connectivity index (χ0) is 26.5. The van der Waals surface area contributed by atoms with E-state index in [9.17, 15) is 19.5 Å². The Morgan fingerprint density at radius 3 is 2.46 bits per heavy atom. The number of aliphatic hydroxyl groups excluding tert-OH is 1. The van der Waals surface area contributed by atoms with E-state index in [1.807, 2.05) is 6.07 Å². The number of nitrogens with one attached hydrogen (secondary N) is 1. The number of primary amides is 1. The van der Waals surface area contributed by atoms with Crippen LogP contribution in [0.15, 0.2) is 72.8 Å². The molecule has 1 atom stereocenters. The number of imidazole rings is 1. The highest BCUT2D eigenvalue weighted by molar-refractivity contribution is 6.04. The highest BCUT2D eigenvalue weighted by Gasteiger charge is 2.23. The van der Waals surface area contributed by atoms with Gasteiger partial charge in [-0.15, -0.1) is 0 Å². The number of likely N-dealkylation sites (N-methyl/N-ethyl adjacent to an activating group) is 1. The van der Waals surface area contributed by atoms with Gasteiger partial charge in [-0.2, -0.15) is 5.26 Å². The molecule has 37 heavy (non-hydrogen) atoms. The molecule has 4 rings (SSSR count). The predicted molar refractivity (Wildman–Crippen MR) is 137 cm³/mol. The molecule has 3 aromatic carbocycles. The van der Waals surface area contributed by atoms with Crippen molar-refractivity contribution in [1.29, 1.82) is 5.26 Å². The highest BCUT2D eigenvalue weighted by atomic mass is 16.3. The SMILES string of the molecule is CN(C(=O)C(O)c1ccccc1)c1ccc2c(c1)nc(NC(=O)c1ccc(C#N)cc1)n2CCC(N)=O. The monoisotopic (exact) mass is 496 g/mol. The molecule has 0 saturated heterocycles. The largest absolute Gasteiger partial charge is 0.378 e. The van der Waals surface area contributed by atoms with E-state index in [0.717, 1.165) is 0 Å². The third-order valence-electron chi connectivity index (χ3n) is 5.88. The van der Waals surface area contributed by atoms with Crippen molar-refractivity contribution in [2.24, 2.45) is 5.73 Å². The van der Waals surface area contributed by atoms with Gasteiger partial charge in [0.05, 0.1) is 22.7 Å². The minimum atomic E-state index is -1.34. The van der Waals surface area contributed by atoms with Gasteiger partial charge in [0.25, 0.3) is 11.8 Å². The van der Waals surface area contributed by atoms with E-state index in [2.05, 4.69) is 10.3 Å². The normalized spacial score (nSPS) is 11.5. The molecule has 0 aliphatic rings. The zero-order valence-corrected chi connectivity index (χ0v) is 20.0. The number of nitrogens with two attached hydrogens (primary N) is 1. The Morgan fingerprint density at radius 1 is 1.11 bits per heavy atom. The lowest BCUT2D eigenvalue weighted by Crippen LogP contribution is -2.31. The van der Waals surface area contributed by atoms with Gasteiger partial charge in [0.2, 0.25) is 11.9 Å². The summed E-state index contributed by atoms with van der Waals surface area (Å²) in [6.07, 6.45) is -1.31. The molecule has 10 heteroatoms. The Morgan fingerprint density at radius 2 is 1.81 bits per heavy atom. The van der Waals surface area contributed by atoms with Gasteiger partial charge in [0, 0.05) is 31.3 Å². The number of nitrogens with zero attached hydrogens (tertiary/aromatic N) is 4. The number of hydrogen-bond acceptors (Lipinski definition) is 6. The molecule has 186 valence electrons. The van der Waals surface area contributed by atoms with Gasteiger partial charge < -0.3 is 20.3 Å². The molecule has 0 bridgehead atoms. The van der Waals surface area contributed by atoms with Crippen LogP contribution in [0.4, 0.5) is 11.6 Å². The molecule has 3 amide bonds. The van der Waals surface area contributed by atoms with Crippen molar-refractivity contribution < 1.29 is 19.5 Å². The van der Waals surface area contributed by atoms with Crippen molar-refractivity contribution in [3.05, 3.63) is 89.5 Å². The van der Waals surface area contributed by atoms with Crippen molar-refractivity contribution in [3.8, 4) is 6.07 Å². The first-order valence-corrected chi connectivity index (χ1v) is 11.4. The quantitative estimate of drug-likeness (QED) is 0.341. The number of rotatable bonds is 8. The fourth-order valence-electron chi connectivity index (χ4n) is 3.83. The molecular weight excluding hydrogens is 472 g/mol. The Labute approximate surface area is 212 Å². The number of aromatic nitrogens is 2. The molecule has 0 fully saturated rings. The fourth-order valence-corrected chi connectivity index (χ4v) is 3.83. The maximum absolute atomic E-state index is 12.9. The maximum atomic E-state index is 12.9. The van der Waals surface area contributed by atoms with Crippen LogP contribution in [0.5, 0.6) is 0 Å². The number of carbonyl (C=O) groups excluding carboxylic acids is 3. The summed E-state index contributed by atoms with van der Waals surface area (Å²) in [4.78, 5) is 43.0. The standard InChI is InChI=1S/C27H24N6O4/c1-32(26(37)24(35)18-5-3-2-4-6-18)20-11-12-22-21(15-20)30-27(33(22)14-13-23(29)34)31-25(36)19-9-7-17(16-28)8-10-19/h2-12,15,24,35H,13-14H2,1H3,(H2,29,34)(H,30,31,36). The molecule has 1 aromatic heterocycles. The third kappa shape index (κ3) is 5.47. The number of amides is 3. The van der Waals surface area contributed by atoms with Gasteiger partial charge in [-0.25, -0.2) is 4.98 Å². The summed E-state index contributed by atoms with van der Waals surface area (Å²) < 4.78 is 1.66. The Bertz CT molecular complexity index is 1510. The van der Waals surface area contributed by atoms with Crippen molar-refractivity contribution in [1.82, 2.24) is 9.55 Å². The molecule has 0 saturated carbocycles. The van der Waals surface area contributed by atoms with Crippen LogP contribution in [0.1, 0.15) is 34.0 Å². The van der Waals surface area contributed by atoms with Crippen LogP contribution in [0.3, 0.4) is 0 Å². The van der Waals surface area contributed by atoms with E-state index in [1.54, 1.807) is 60.1 Å². The minimum Gasteiger partial charge on any atom is -0.378 e. The van der Waals surface area contributed by atoms with Crippen LogP contribution in [0, 0.1) is 11.3 Å². The molecular formula is C27H24N6O4. The van der Waals surface area contributed by atoms with E-state index < -0.39 is 23.8 Å². The number of hydrogen-bond donors (Lipinski definition) is 3. The van der Waals surface area contributed by atoms with Crippen LogP contribution >= 0.6 is 0 Å². The number of aryl methyl sites for hydroxylation is 1. The second-order valence-corrected chi connectivity index (χ2v) is 8.33. The highest BCUT2D eigenvalue weighted by Crippen LogP contribution is 2.27. The van der Waals surface area contributed by atoms with Gasteiger partial charge in [-0.1, -0.05) is 30.3 Å². The van der Waals surface area contributed by atoms with Gasteiger partial charge in [0.1, 0.15) is 0 Å². The lowest BCUT2D eigenvalue weighted by atomic mass is 10.1. The van der Waals surface area contributed by atoms with Gasteiger partial charge in [-0.3, -0.25) is 19.7 Å². The van der Waals surface area contributed by atoms with Crippen molar-refractivity contribution >= 4 is 40.4 Å². The van der Waals surface area contributed by atoms with Crippen molar-refractivity contribution in [2.75, 3.05) is 17.3 Å². The summed E-state index contributed by atoms with van der Waals surface area (Å²) in [5.74, 6) is -1.28. The van der Waals surface area contributed by atoms with E-state index >= 15 is 0 Å². The second-order valence-electron chi connectivity index (χ2n) is 8.33. The van der Waals surface area contributed by atoms with E-state index in [1.165, 1.54) is 29.2 Å². The van der Waals surface area contributed by atoms with Gasteiger partial charge in [0.15, 0.2) is 6.10 Å². The molecule has 0 spiro atoms. The molecule has 4 N–H and O–H groups in total. The molecule has 1 unspecified atom stereocenters. The number of carbonyl (C=O) groups is 3. The summed E-state index contributed by atoms with van der Waals surface area (Å²) in [5.41, 5.74) is 8.13. The summed E-state index contributed by atoms with van der Waals surface area (Å²) in [6.45, 7) is 0.176. The Balaban J connectivity index is 1.64. The number of anilines is 2. The first kappa shape index (κ1) is 25.1. The second kappa shape index (κ2) is 10.7. The molecule has 4 aromatic rings. The minimum absolute atomic E-state index is 0.0224. The Hall–Kier alpha value is -5.01. The third-order valence-corrected chi connectivity index (χ3v) is 5.88. The number of nitriles is 1. The molecule has 10 nitrogen and oxygen atoms in total. The smallest absolute Gasteiger partial charge is 0.260 e. The summed E-state index contributed by atoms with van der Waals surface area (Å²) >= 11 is 0. The average Bonchev–Trinajstić information content (AvgIpc) is 3.26. The van der Waals surface area contributed by atoms with Crippen LogP contribution in [-0.2, 0) is 16.1 Å². The van der Waals surface area contributed by atoms with Crippen molar-refractivity contribution in [3.63, 3.8) is 0 Å². The molecule has 0 aliphatic carbocycles. The zero-order valence-electron chi connectivity index (χ0n) is 20.0. The van der Waals surface area contributed by atoms with Crippen LogP contribution in [0.25, 0.3) is 11.0 Å². The molecule has 0 radical (unpaired) electrons. The van der Waals surface area contributed by atoms with Crippen molar-refractivity contribution in [2.45, 2.75) is 19.1 Å². The summed E-state index contributed by atoms with van der Waals surface area (Å²) in [6, 6.07) is 21.8. The van der Waals surface area contributed by atoms with Crippen LogP contribution < -0.4 is 16.0 Å². The molecule has 1 heterocycles. The summed E-state index contributed by atoms with van der Waals surface area (Å²) in [5, 5.41) is 22.2. The van der Waals surface area contributed by atoms with Gasteiger partial charge in [-0.05, 0) is 48.0 Å². The van der Waals surface area contributed by atoms with E-state index in [-0.39, 0.29) is 18.9 Å². The Kier molecular flexibility index (Phi) is 7.27. The average molecular weight is 497 g/mol. The maximum Gasteiger partial charge on any atom is 0.260 e. The summed E-state index contributed by atoms with van der Waals surface area (Å²) in [7, 11) is 1.55. The van der Waals surface area contributed by atoms with E-state index in [0.29, 0.717) is 33.4 Å². The number of aliphatic hydroxyl groups is 1. The first-order chi connectivity index (χ1) is 17.8. The van der Waals surface area contributed by atoms with Crippen LogP contribution in [0.2, 0.25) is 0 Å². The van der Waals surface area contributed by atoms with Crippen LogP contribution in [-0.4, -0.2) is 39.4 Å².